The standard InChI is InChI=1S/C20H19N3O3S/c1-13-11-16-12-17(8-9-19(16)23(13)14(2)24)27(25,26)22-18-7-3-5-15-6-4-10-21-20(15)18/h3-10,12-13,22H,11H2,1-2H3/t13-/m1/s1. The quantitative estimate of drug-likeness (QED) is 0.755. The third-order valence-corrected chi connectivity index (χ3v) is 6.16. The minimum Gasteiger partial charge on any atom is -0.309 e. The molecule has 1 aliphatic rings. The first-order valence-electron chi connectivity index (χ1n) is 8.66. The number of carbonyl (C=O) groups is 1. The number of para-hydroxylation sites is 1. The van der Waals surface area contributed by atoms with E-state index in [2.05, 4.69) is 9.71 Å². The highest BCUT2D eigenvalue weighted by atomic mass is 32.2. The van der Waals surface area contributed by atoms with Crippen LogP contribution in [-0.2, 0) is 21.2 Å². The van der Waals surface area contributed by atoms with Gasteiger partial charge in [-0.25, -0.2) is 8.42 Å². The normalized spacial score (nSPS) is 16.4. The Balaban J connectivity index is 1.71. The van der Waals surface area contributed by atoms with E-state index in [0.29, 0.717) is 17.6 Å². The van der Waals surface area contributed by atoms with Crippen molar-refractivity contribution in [2.75, 3.05) is 9.62 Å². The SMILES string of the molecule is CC(=O)N1c2ccc(S(=O)(=O)Nc3cccc4cccnc34)cc2C[C@H]1C. The van der Waals surface area contributed by atoms with Gasteiger partial charge in [0.25, 0.3) is 10.0 Å². The molecule has 138 valence electrons. The maximum absolute atomic E-state index is 12.9. The highest BCUT2D eigenvalue weighted by Crippen LogP contribution is 2.34. The van der Waals surface area contributed by atoms with E-state index in [-0.39, 0.29) is 16.8 Å². The molecule has 1 N–H and O–H groups in total. The largest absolute Gasteiger partial charge is 0.309 e. The number of pyridine rings is 1. The molecule has 0 bridgehead atoms. The predicted molar refractivity (Wildman–Crippen MR) is 105 cm³/mol. The third kappa shape index (κ3) is 3.04. The lowest BCUT2D eigenvalue weighted by Crippen LogP contribution is -2.33. The van der Waals surface area contributed by atoms with Crippen LogP contribution in [0.5, 0.6) is 0 Å². The van der Waals surface area contributed by atoms with Crippen LogP contribution in [0.2, 0.25) is 0 Å². The maximum atomic E-state index is 12.9. The van der Waals surface area contributed by atoms with E-state index in [1.165, 1.54) is 13.0 Å². The number of nitrogens with one attached hydrogen (secondary N) is 1. The molecule has 27 heavy (non-hydrogen) atoms. The Bertz CT molecular complexity index is 1150. The molecule has 0 saturated carbocycles. The highest BCUT2D eigenvalue weighted by molar-refractivity contribution is 7.92. The zero-order valence-corrected chi connectivity index (χ0v) is 15.8. The minimum atomic E-state index is -3.78. The molecule has 0 unspecified atom stereocenters. The average molecular weight is 381 g/mol. The number of anilines is 2. The molecule has 0 aliphatic carbocycles. The number of hydrogen-bond donors (Lipinski definition) is 1. The van der Waals surface area contributed by atoms with Gasteiger partial charge in [-0.3, -0.25) is 14.5 Å². The summed E-state index contributed by atoms with van der Waals surface area (Å²) in [5.41, 5.74) is 2.67. The van der Waals surface area contributed by atoms with Crippen molar-refractivity contribution in [2.24, 2.45) is 0 Å². The van der Waals surface area contributed by atoms with Gasteiger partial charge in [-0.05, 0) is 49.2 Å². The van der Waals surface area contributed by atoms with Crippen LogP contribution in [0.25, 0.3) is 10.9 Å². The fourth-order valence-electron chi connectivity index (χ4n) is 3.64. The Hall–Kier alpha value is -2.93. The Morgan fingerprint density at radius 3 is 2.74 bits per heavy atom. The van der Waals surface area contributed by atoms with Crippen LogP contribution in [0, 0.1) is 0 Å². The predicted octanol–water partition coefficient (Wildman–Crippen LogP) is 3.33. The van der Waals surface area contributed by atoms with E-state index in [4.69, 9.17) is 0 Å². The second-order valence-electron chi connectivity index (χ2n) is 6.72. The van der Waals surface area contributed by atoms with Gasteiger partial charge in [0.15, 0.2) is 0 Å². The third-order valence-electron chi connectivity index (χ3n) is 4.79. The molecule has 1 atom stereocenters. The lowest BCUT2D eigenvalue weighted by atomic mass is 10.1. The van der Waals surface area contributed by atoms with Crippen molar-refractivity contribution in [1.29, 1.82) is 0 Å². The number of amides is 1. The van der Waals surface area contributed by atoms with E-state index >= 15 is 0 Å². The molecule has 1 aliphatic heterocycles. The van der Waals surface area contributed by atoms with Crippen molar-refractivity contribution >= 4 is 38.2 Å². The number of hydrogen-bond acceptors (Lipinski definition) is 4. The zero-order valence-electron chi connectivity index (χ0n) is 15.0. The van der Waals surface area contributed by atoms with Crippen molar-refractivity contribution < 1.29 is 13.2 Å². The molecule has 2 heterocycles. The van der Waals surface area contributed by atoms with Gasteiger partial charge in [0.2, 0.25) is 5.91 Å². The highest BCUT2D eigenvalue weighted by Gasteiger charge is 2.30. The van der Waals surface area contributed by atoms with Gasteiger partial charge in [-0.15, -0.1) is 0 Å². The van der Waals surface area contributed by atoms with E-state index in [1.54, 1.807) is 35.4 Å². The van der Waals surface area contributed by atoms with Crippen LogP contribution in [-0.4, -0.2) is 25.4 Å². The second kappa shape index (κ2) is 6.35. The molecule has 0 fully saturated rings. The zero-order chi connectivity index (χ0) is 19.2. The average Bonchev–Trinajstić information content (AvgIpc) is 2.97. The van der Waals surface area contributed by atoms with Crippen LogP contribution < -0.4 is 9.62 Å². The van der Waals surface area contributed by atoms with E-state index in [9.17, 15) is 13.2 Å². The van der Waals surface area contributed by atoms with Gasteiger partial charge in [-0.1, -0.05) is 18.2 Å². The molecule has 7 heteroatoms. The van der Waals surface area contributed by atoms with Gasteiger partial charge >= 0.3 is 0 Å². The maximum Gasteiger partial charge on any atom is 0.261 e. The number of nitrogens with zero attached hydrogens (tertiary/aromatic N) is 2. The van der Waals surface area contributed by atoms with Crippen molar-refractivity contribution in [1.82, 2.24) is 4.98 Å². The Morgan fingerprint density at radius 2 is 1.96 bits per heavy atom. The van der Waals surface area contributed by atoms with Crippen LogP contribution in [0.1, 0.15) is 19.4 Å². The van der Waals surface area contributed by atoms with Crippen LogP contribution in [0.3, 0.4) is 0 Å². The van der Waals surface area contributed by atoms with E-state index in [1.807, 2.05) is 25.1 Å². The van der Waals surface area contributed by atoms with Crippen molar-refractivity contribution in [3.63, 3.8) is 0 Å². The lowest BCUT2D eigenvalue weighted by molar-refractivity contribution is -0.116. The Labute approximate surface area is 157 Å². The molecular formula is C20H19N3O3S. The molecule has 1 amide bonds. The van der Waals surface area contributed by atoms with Gasteiger partial charge in [0.1, 0.15) is 0 Å². The van der Waals surface area contributed by atoms with Gasteiger partial charge in [0.05, 0.1) is 16.1 Å². The van der Waals surface area contributed by atoms with Gasteiger partial charge < -0.3 is 4.90 Å². The molecule has 0 spiro atoms. The fourth-order valence-corrected chi connectivity index (χ4v) is 4.76. The summed E-state index contributed by atoms with van der Waals surface area (Å²) >= 11 is 0. The smallest absolute Gasteiger partial charge is 0.261 e. The summed E-state index contributed by atoms with van der Waals surface area (Å²) in [5.74, 6) is -0.0446. The molecule has 1 aromatic heterocycles. The summed E-state index contributed by atoms with van der Waals surface area (Å²) in [6.45, 7) is 3.47. The first-order chi connectivity index (χ1) is 12.9. The molecule has 0 radical (unpaired) electrons. The van der Waals surface area contributed by atoms with E-state index in [0.717, 1.165) is 16.6 Å². The topological polar surface area (TPSA) is 79.4 Å². The van der Waals surface area contributed by atoms with Gasteiger partial charge in [0, 0.05) is 30.2 Å². The number of rotatable bonds is 3. The molecule has 3 aromatic rings. The Morgan fingerprint density at radius 1 is 1.19 bits per heavy atom. The molecule has 0 saturated heterocycles. The summed E-state index contributed by atoms with van der Waals surface area (Å²) in [5, 5.41) is 0.859. The second-order valence-corrected chi connectivity index (χ2v) is 8.40. The van der Waals surface area contributed by atoms with E-state index < -0.39 is 10.0 Å². The molecular weight excluding hydrogens is 362 g/mol. The van der Waals surface area contributed by atoms with Gasteiger partial charge in [-0.2, -0.15) is 0 Å². The monoisotopic (exact) mass is 381 g/mol. The summed E-state index contributed by atoms with van der Waals surface area (Å²) in [6, 6.07) is 14.0. The summed E-state index contributed by atoms with van der Waals surface area (Å²) in [6.07, 6.45) is 2.27. The number of fused-ring (bicyclic) bond motifs is 2. The molecule has 2 aromatic carbocycles. The molecule has 6 nitrogen and oxygen atoms in total. The first kappa shape index (κ1) is 17.5. The Kier molecular flexibility index (Phi) is 4.11. The number of benzene rings is 2. The summed E-state index contributed by atoms with van der Waals surface area (Å²) < 4.78 is 28.5. The lowest BCUT2D eigenvalue weighted by Gasteiger charge is -2.20. The number of aromatic nitrogens is 1. The first-order valence-corrected chi connectivity index (χ1v) is 10.1. The van der Waals surface area contributed by atoms with Crippen LogP contribution in [0.15, 0.2) is 59.6 Å². The number of carbonyl (C=O) groups excluding carboxylic acids is 1. The van der Waals surface area contributed by atoms with Crippen molar-refractivity contribution in [2.45, 2.75) is 31.2 Å². The van der Waals surface area contributed by atoms with Crippen LogP contribution in [0.4, 0.5) is 11.4 Å². The summed E-state index contributed by atoms with van der Waals surface area (Å²) in [4.78, 5) is 18.0. The summed E-state index contributed by atoms with van der Waals surface area (Å²) in [7, 11) is -3.78. The van der Waals surface area contributed by atoms with Crippen molar-refractivity contribution in [3.05, 3.63) is 60.3 Å². The van der Waals surface area contributed by atoms with Crippen LogP contribution >= 0.6 is 0 Å². The number of sulfonamides is 1. The molecule has 4 rings (SSSR count). The minimum absolute atomic E-state index is 0.0191. The van der Waals surface area contributed by atoms with Crippen molar-refractivity contribution in [3.8, 4) is 0 Å². The fraction of sp³-hybridized carbons (Fsp3) is 0.200.